The Morgan fingerprint density at radius 3 is 3.00 bits per heavy atom. The van der Waals surface area contributed by atoms with Crippen LogP contribution in [-0.4, -0.2) is 28.5 Å². The predicted octanol–water partition coefficient (Wildman–Crippen LogP) is 1.37. The van der Waals surface area contributed by atoms with Gasteiger partial charge in [0.2, 0.25) is 0 Å². The van der Waals surface area contributed by atoms with Crippen LogP contribution in [0.2, 0.25) is 0 Å². The smallest absolute Gasteiger partial charge is 0.262 e. The average Bonchev–Trinajstić information content (AvgIpc) is 2.46. The van der Waals surface area contributed by atoms with Gasteiger partial charge in [0.15, 0.2) is 6.61 Å². The molecule has 0 fully saturated rings. The number of pyridine rings is 1. The van der Waals surface area contributed by atoms with Gasteiger partial charge in [-0.2, -0.15) is 0 Å². The lowest BCUT2D eigenvalue weighted by Crippen LogP contribution is -2.25. The maximum atomic E-state index is 12.0. The standard InChI is InChI=1S/C14H11N3O4/c18-10-3-8(5-15-6-10)14(20)16-9-1-2-12-11(4-9)17-13(19)7-21-12/h1-6,18H,7H2,(H,16,20)(H,17,19). The van der Waals surface area contributed by atoms with E-state index >= 15 is 0 Å². The molecule has 0 saturated heterocycles. The van der Waals surface area contributed by atoms with Crippen LogP contribution in [0.4, 0.5) is 11.4 Å². The largest absolute Gasteiger partial charge is 0.506 e. The van der Waals surface area contributed by atoms with E-state index in [0.29, 0.717) is 17.1 Å². The summed E-state index contributed by atoms with van der Waals surface area (Å²) in [7, 11) is 0. The lowest BCUT2D eigenvalue weighted by atomic mass is 10.2. The number of ether oxygens (including phenoxy) is 1. The van der Waals surface area contributed by atoms with Crippen molar-refractivity contribution in [3.63, 3.8) is 0 Å². The first-order valence-electron chi connectivity index (χ1n) is 6.14. The lowest BCUT2D eigenvalue weighted by Gasteiger charge is -2.18. The van der Waals surface area contributed by atoms with E-state index in [0.717, 1.165) is 0 Å². The number of hydrogen-bond donors (Lipinski definition) is 3. The van der Waals surface area contributed by atoms with Gasteiger partial charge in [0, 0.05) is 11.9 Å². The van der Waals surface area contributed by atoms with Crippen LogP contribution in [-0.2, 0) is 4.79 Å². The minimum atomic E-state index is -0.415. The highest BCUT2D eigenvalue weighted by atomic mass is 16.5. The fraction of sp³-hybridized carbons (Fsp3) is 0.0714. The maximum Gasteiger partial charge on any atom is 0.262 e. The van der Waals surface area contributed by atoms with Gasteiger partial charge >= 0.3 is 0 Å². The summed E-state index contributed by atoms with van der Waals surface area (Å²) in [5, 5.41) is 14.6. The molecular formula is C14H11N3O4. The molecule has 0 unspecified atom stereocenters. The molecule has 106 valence electrons. The molecule has 1 aliphatic rings. The molecule has 3 N–H and O–H groups in total. The van der Waals surface area contributed by atoms with E-state index in [9.17, 15) is 14.7 Å². The van der Waals surface area contributed by atoms with Crippen molar-refractivity contribution in [2.75, 3.05) is 17.2 Å². The number of fused-ring (bicyclic) bond motifs is 1. The zero-order chi connectivity index (χ0) is 14.8. The van der Waals surface area contributed by atoms with Crippen molar-refractivity contribution in [1.82, 2.24) is 4.98 Å². The number of nitrogens with one attached hydrogen (secondary N) is 2. The summed E-state index contributed by atoms with van der Waals surface area (Å²) in [5.41, 5.74) is 1.22. The van der Waals surface area contributed by atoms with Crippen molar-refractivity contribution in [2.24, 2.45) is 0 Å². The number of amides is 2. The highest BCUT2D eigenvalue weighted by Crippen LogP contribution is 2.30. The summed E-state index contributed by atoms with van der Waals surface area (Å²) in [5.74, 6) is -0.204. The summed E-state index contributed by atoms with van der Waals surface area (Å²) < 4.78 is 5.23. The van der Waals surface area contributed by atoms with Gasteiger partial charge in [0.1, 0.15) is 11.5 Å². The molecular weight excluding hydrogens is 274 g/mol. The van der Waals surface area contributed by atoms with E-state index in [2.05, 4.69) is 15.6 Å². The predicted molar refractivity (Wildman–Crippen MR) is 74.4 cm³/mol. The zero-order valence-electron chi connectivity index (χ0n) is 10.8. The topological polar surface area (TPSA) is 101 Å². The zero-order valence-corrected chi connectivity index (χ0v) is 10.8. The SMILES string of the molecule is O=C1COc2ccc(NC(=O)c3cncc(O)c3)cc2N1. The van der Waals surface area contributed by atoms with Crippen molar-refractivity contribution < 1.29 is 19.4 Å². The van der Waals surface area contributed by atoms with E-state index in [1.165, 1.54) is 18.5 Å². The molecule has 0 atom stereocenters. The Bertz CT molecular complexity index is 730. The second-order valence-electron chi connectivity index (χ2n) is 4.43. The third-order valence-electron chi connectivity index (χ3n) is 2.86. The number of hydrogen-bond acceptors (Lipinski definition) is 5. The Labute approximate surface area is 119 Å². The van der Waals surface area contributed by atoms with Gasteiger partial charge < -0.3 is 20.5 Å². The Balaban J connectivity index is 1.80. The third kappa shape index (κ3) is 2.76. The highest BCUT2D eigenvalue weighted by Gasteiger charge is 2.16. The molecule has 0 bridgehead atoms. The van der Waals surface area contributed by atoms with Crippen LogP contribution < -0.4 is 15.4 Å². The number of carbonyl (C=O) groups is 2. The first kappa shape index (κ1) is 12.9. The summed E-state index contributed by atoms with van der Waals surface area (Å²) in [6.07, 6.45) is 2.58. The Morgan fingerprint density at radius 2 is 2.19 bits per heavy atom. The number of anilines is 2. The van der Waals surface area contributed by atoms with Crippen molar-refractivity contribution in [3.05, 3.63) is 42.2 Å². The fourth-order valence-electron chi connectivity index (χ4n) is 1.92. The molecule has 1 aromatic carbocycles. The molecule has 0 radical (unpaired) electrons. The van der Waals surface area contributed by atoms with Crippen molar-refractivity contribution in [2.45, 2.75) is 0 Å². The van der Waals surface area contributed by atoms with E-state index in [1.807, 2.05) is 0 Å². The highest BCUT2D eigenvalue weighted by molar-refractivity contribution is 6.05. The van der Waals surface area contributed by atoms with Crippen LogP contribution in [0.15, 0.2) is 36.7 Å². The summed E-state index contributed by atoms with van der Waals surface area (Å²) in [6.45, 7) is -0.0202. The van der Waals surface area contributed by atoms with Crippen LogP contribution >= 0.6 is 0 Å². The number of rotatable bonds is 2. The summed E-state index contributed by atoms with van der Waals surface area (Å²) in [6, 6.07) is 6.22. The summed E-state index contributed by atoms with van der Waals surface area (Å²) >= 11 is 0. The first-order chi connectivity index (χ1) is 10.1. The molecule has 0 spiro atoms. The minimum absolute atomic E-state index is 0.0202. The van der Waals surface area contributed by atoms with Crippen LogP contribution in [0.1, 0.15) is 10.4 Å². The lowest BCUT2D eigenvalue weighted by molar-refractivity contribution is -0.118. The van der Waals surface area contributed by atoms with Crippen molar-refractivity contribution >= 4 is 23.2 Å². The third-order valence-corrected chi connectivity index (χ3v) is 2.86. The van der Waals surface area contributed by atoms with Gasteiger partial charge in [0.05, 0.1) is 17.4 Å². The Hall–Kier alpha value is -3.09. The second kappa shape index (κ2) is 5.12. The van der Waals surface area contributed by atoms with Gasteiger partial charge in [-0.05, 0) is 24.3 Å². The van der Waals surface area contributed by atoms with Crippen LogP contribution in [0.5, 0.6) is 11.5 Å². The molecule has 21 heavy (non-hydrogen) atoms. The summed E-state index contributed by atoms with van der Waals surface area (Å²) in [4.78, 5) is 27.0. The van der Waals surface area contributed by atoms with Crippen molar-refractivity contribution in [1.29, 1.82) is 0 Å². The number of aromatic hydroxyl groups is 1. The first-order valence-corrected chi connectivity index (χ1v) is 6.14. The molecule has 0 aliphatic carbocycles. The van der Waals surface area contributed by atoms with Gasteiger partial charge in [-0.3, -0.25) is 14.6 Å². The molecule has 0 saturated carbocycles. The van der Waals surface area contributed by atoms with E-state index in [1.54, 1.807) is 18.2 Å². The van der Waals surface area contributed by atoms with Crippen LogP contribution in [0.25, 0.3) is 0 Å². The average molecular weight is 285 g/mol. The van der Waals surface area contributed by atoms with E-state index < -0.39 is 5.91 Å². The van der Waals surface area contributed by atoms with Gasteiger partial charge in [-0.15, -0.1) is 0 Å². The molecule has 2 aromatic rings. The van der Waals surface area contributed by atoms with Crippen LogP contribution in [0, 0.1) is 0 Å². The molecule has 2 heterocycles. The van der Waals surface area contributed by atoms with Crippen LogP contribution in [0.3, 0.4) is 0 Å². The number of nitrogens with zero attached hydrogens (tertiary/aromatic N) is 1. The Kier molecular flexibility index (Phi) is 3.15. The maximum absolute atomic E-state index is 12.0. The Morgan fingerprint density at radius 1 is 1.33 bits per heavy atom. The molecule has 3 rings (SSSR count). The normalized spacial score (nSPS) is 12.9. The molecule has 1 aliphatic heterocycles. The molecule has 2 amide bonds. The number of benzene rings is 1. The number of carbonyl (C=O) groups excluding carboxylic acids is 2. The second-order valence-corrected chi connectivity index (χ2v) is 4.43. The number of aromatic nitrogens is 1. The van der Waals surface area contributed by atoms with Gasteiger partial charge in [0.25, 0.3) is 11.8 Å². The van der Waals surface area contributed by atoms with E-state index in [4.69, 9.17) is 4.74 Å². The quantitative estimate of drug-likeness (QED) is 0.773. The van der Waals surface area contributed by atoms with Gasteiger partial charge in [-0.1, -0.05) is 0 Å². The van der Waals surface area contributed by atoms with E-state index in [-0.39, 0.29) is 23.8 Å². The molecule has 1 aromatic heterocycles. The monoisotopic (exact) mass is 285 g/mol. The minimum Gasteiger partial charge on any atom is -0.506 e. The molecule has 7 heteroatoms. The van der Waals surface area contributed by atoms with Crippen molar-refractivity contribution in [3.8, 4) is 11.5 Å². The molecule has 7 nitrogen and oxygen atoms in total. The fourth-order valence-corrected chi connectivity index (χ4v) is 1.92. The van der Waals surface area contributed by atoms with Gasteiger partial charge in [-0.25, -0.2) is 0 Å².